The Morgan fingerprint density at radius 3 is 2.63 bits per heavy atom. The summed E-state index contributed by atoms with van der Waals surface area (Å²) in [4.78, 5) is 34.9. The lowest BCUT2D eigenvalue weighted by molar-refractivity contribution is -0.386. The summed E-state index contributed by atoms with van der Waals surface area (Å²) in [6.07, 6.45) is 0. The first-order valence-electron chi connectivity index (χ1n) is 8.16. The molecule has 146 valence electrons. The number of rotatable bonds is 6. The topological polar surface area (TPSA) is 140 Å². The first-order valence-corrected chi connectivity index (χ1v) is 8.16. The number of nitro benzene ring substituents is 1. The highest BCUT2D eigenvalue weighted by atomic mass is 16.6. The summed E-state index contributed by atoms with van der Waals surface area (Å²) in [5.74, 6) is -1.35. The fraction of sp³-hybridized carbons (Fsp3) is 0.412. The van der Waals surface area contributed by atoms with E-state index in [4.69, 9.17) is 9.47 Å². The van der Waals surface area contributed by atoms with Crippen LogP contribution in [0.2, 0.25) is 0 Å². The lowest BCUT2D eigenvalue weighted by Gasteiger charge is -2.28. The molecule has 1 heterocycles. The smallest absolute Gasteiger partial charge is 0.338 e. The Morgan fingerprint density at radius 2 is 2.07 bits per heavy atom. The quantitative estimate of drug-likeness (QED) is 0.391. The molecule has 0 saturated heterocycles. The van der Waals surface area contributed by atoms with Crippen molar-refractivity contribution in [3.8, 4) is 11.5 Å². The predicted molar refractivity (Wildman–Crippen MR) is 94.2 cm³/mol. The first-order chi connectivity index (χ1) is 12.6. The number of benzene rings is 1. The molecule has 1 atom stereocenters. The monoisotopic (exact) mass is 379 g/mol. The zero-order chi connectivity index (χ0) is 20.3. The number of nitrogens with zero attached hydrogens (tertiary/aromatic N) is 1. The highest BCUT2D eigenvalue weighted by Gasteiger charge is 2.34. The van der Waals surface area contributed by atoms with E-state index >= 15 is 0 Å². The van der Waals surface area contributed by atoms with Gasteiger partial charge in [0.05, 0.1) is 30.3 Å². The minimum absolute atomic E-state index is 0.106. The van der Waals surface area contributed by atoms with E-state index in [2.05, 4.69) is 10.6 Å². The maximum absolute atomic E-state index is 12.6. The standard InChI is InChI=1S/C17H21N3O7/c1-8(2)7-27-16(22)13-9(3)18-17(23)19-14(13)10-5-11(20(24)25)15(21)12(6-10)26-4/h5-6,8,14,21H,7H2,1-4H3,(H2,18,19,23)/t14-/m0/s1. The van der Waals surface area contributed by atoms with Crippen molar-refractivity contribution < 1.29 is 29.1 Å². The molecule has 2 rings (SSSR count). The van der Waals surface area contributed by atoms with Crippen molar-refractivity contribution in [1.82, 2.24) is 10.6 Å². The van der Waals surface area contributed by atoms with Crippen molar-refractivity contribution in [3.05, 3.63) is 39.1 Å². The first kappa shape index (κ1) is 20.0. The van der Waals surface area contributed by atoms with Crippen molar-refractivity contribution in [2.75, 3.05) is 13.7 Å². The van der Waals surface area contributed by atoms with Crippen LogP contribution in [0.15, 0.2) is 23.4 Å². The van der Waals surface area contributed by atoms with Gasteiger partial charge in [-0.05, 0) is 24.5 Å². The Kier molecular flexibility index (Phi) is 5.88. The van der Waals surface area contributed by atoms with E-state index in [-0.39, 0.29) is 35.1 Å². The van der Waals surface area contributed by atoms with E-state index in [1.54, 1.807) is 0 Å². The van der Waals surface area contributed by atoms with E-state index in [9.17, 15) is 24.8 Å². The zero-order valence-electron chi connectivity index (χ0n) is 15.4. The summed E-state index contributed by atoms with van der Waals surface area (Å²) in [5.41, 5.74) is -0.0313. The number of urea groups is 1. The van der Waals surface area contributed by atoms with Gasteiger partial charge in [0.1, 0.15) is 0 Å². The second-order valence-electron chi connectivity index (χ2n) is 6.41. The van der Waals surface area contributed by atoms with Gasteiger partial charge >= 0.3 is 17.7 Å². The molecule has 0 radical (unpaired) electrons. The Bertz CT molecular complexity index is 817. The number of methoxy groups -OCH3 is 1. The Hall–Kier alpha value is -3.30. The fourth-order valence-electron chi connectivity index (χ4n) is 2.61. The van der Waals surface area contributed by atoms with Gasteiger partial charge in [-0.1, -0.05) is 13.8 Å². The van der Waals surface area contributed by atoms with Crippen LogP contribution < -0.4 is 15.4 Å². The summed E-state index contributed by atoms with van der Waals surface area (Å²) in [6.45, 7) is 5.46. The maximum Gasteiger partial charge on any atom is 0.338 e. The molecular formula is C17H21N3O7. The Morgan fingerprint density at radius 1 is 1.41 bits per heavy atom. The van der Waals surface area contributed by atoms with Gasteiger partial charge in [0.2, 0.25) is 5.75 Å². The van der Waals surface area contributed by atoms with Crippen LogP contribution in [-0.4, -0.2) is 35.7 Å². The third-order valence-electron chi connectivity index (χ3n) is 3.86. The highest BCUT2D eigenvalue weighted by molar-refractivity contribution is 5.95. The molecule has 0 bridgehead atoms. The molecule has 0 aliphatic carbocycles. The van der Waals surface area contributed by atoms with Crippen molar-refractivity contribution in [2.24, 2.45) is 5.92 Å². The van der Waals surface area contributed by atoms with Crippen LogP contribution in [0.5, 0.6) is 11.5 Å². The van der Waals surface area contributed by atoms with Crippen molar-refractivity contribution in [2.45, 2.75) is 26.8 Å². The second-order valence-corrected chi connectivity index (χ2v) is 6.41. The lowest BCUT2D eigenvalue weighted by atomic mass is 9.94. The molecule has 0 fully saturated rings. The van der Waals surface area contributed by atoms with Gasteiger partial charge in [0.15, 0.2) is 5.75 Å². The number of amides is 2. The average molecular weight is 379 g/mol. The summed E-state index contributed by atoms with van der Waals surface area (Å²) in [5, 5.41) is 26.2. The van der Waals surface area contributed by atoms with Crippen LogP contribution >= 0.6 is 0 Å². The van der Waals surface area contributed by atoms with E-state index < -0.39 is 34.4 Å². The molecule has 3 N–H and O–H groups in total. The number of phenols is 1. The van der Waals surface area contributed by atoms with Gasteiger partial charge < -0.3 is 25.2 Å². The normalized spacial score (nSPS) is 16.6. The maximum atomic E-state index is 12.6. The lowest BCUT2D eigenvalue weighted by Crippen LogP contribution is -2.45. The van der Waals surface area contributed by atoms with Crippen LogP contribution in [-0.2, 0) is 9.53 Å². The zero-order valence-corrected chi connectivity index (χ0v) is 15.4. The molecule has 0 saturated carbocycles. The third kappa shape index (κ3) is 4.27. The molecule has 1 aromatic rings. The van der Waals surface area contributed by atoms with E-state index in [1.165, 1.54) is 20.1 Å². The number of phenolic OH excluding ortho intramolecular Hbond substituents is 1. The van der Waals surface area contributed by atoms with Crippen molar-refractivity contribution in [1.29, 1.82) is 0 Å². The molecule has 10 nitrogen and oxygen atoms in total. The predicted octanol–water partition coefficient (Wildman–Crippen LogP) is 2.14. The largest absolute Gasteiger partial charge is 0.500 e. The summed E-state index contributed by atoms with van der Waals surface area (Å²) in [7, 11) is 1.24. The minimum atomic E-state index is -1.01. The number of carbonyl (C=O) groups is 2. The third-order valence-corrected chi connectivity index (χ3v) is 3.86. The van der Waals surface area contributed by atoms with Crippen LogP contribution in [0, 0.1) is 16.0 Å². The molecule has 1 aromatic carbocycles. The minimum Gasteiger partial charge on any atom is -0.500 e. The summed E-state index contributed by atoms with van der Waals surface area (Å²) >= 11 is 0. The molecule has 0 unspecified atom stereocenters. The number of nitro groups is 1. The van der Waals surface area contributed by atoms with Gasteiger partial charge in [0.25, 0.3) is 0 Å². The molecule has 27 heavy (non-hydrogen) atoms. The van der Waals surface area contributed by atoms with Gasteiger partial charge in [-0.3, -0.25) is 10.1 Å². The van der Waals surface area contributed by atoms with Crippen molar-refractivity contribution in [3.63, 3.8) is 0 Å². The molecule has 0 aromatic heterocycles. The number of carbonyl (C=O) groups excluding carboxylic acids is 2. The SMILES string of the molecule is COc1cc([C@@H]2NC(=O)NC(C)=C2C(=O)OCC(C)C)cc([N+](=O)[O-])c1O. The summed E-state index contributed by atoms with van der Waals surface area (Å²) < 4.78 is 10.2. The number of hydrogen-bond donors (Lipinski definition) is 3. The Balaban J connectivity index is 2.54. The molecule has 1 aliphatic heterocycles. The van der Waals surface area contributed by atoms with Crippen molar-refractivity contribution >= 4 is 17.7 Å². The van der Waals surface area contributed by atoms with Gasteiger partial charge in [-0.2, -0.15) is 0 Å². The molecule has 2 amide bonds. The summed E-state index contributed by atoms with van der Waals surface area (Å²) in [6, 6.07) is 0.817. The fourth-order valence-corrected chi connectivity index (χ4v) is 2.61. The van der Waals surface area contributed by atoms with Crippen LogP contribution in [0.4, 0.5) is 10.5 Å². The molecule has 1 aliphatic rings. The van der Waals surface area contributed by atoms with Gasteiger partial charge in [-0.15, -0.1) is 0 Å². The number of ether oxygens (including phenoxy) is 2. The number of hydrogen-bond acceptors (Lipinski definition) is 7. The van der Waals surface area contributed by atoms with E-state index in [1.807, 2.05) is 13.8 Å². The number of aromatic hydroxyl groups is 1. The van der Waals surface area contributed by atoms with Crippen LogP contribution in [0.1, 0.15) is 32.4 Å². The van der Waals surface area contributed by atoms with Gasteiger partial charge in [0, 0.05) is 11.8 Å². The van der Waals surface area contributed by atoms with Gasteiger partial charge in [-0.25, -0.2) is 9.59 Å². The van der Waals surface area contributed by atoms with E-state index in [0.717, 1.165) is 6.07 Å². The van der Waals surface area contributed by atoms with Crippen LogP contribution in [0.25, 0.3) is 0 Å². The molecular weight excluding hydrogens is 358 g/mol. The molecule has 10 heteroatoms. The molecule has 0 spiro atoms. The van der Waals surface area contributed by atoms with Crippen LogP contribution in [0.3, 0.4) is 0 Å². The second kappa shape index (κ2) is 7.94. The average Bonchev–Trinajstić information content (AvgIpc) is 2.58. The van der Waals surface area contributed by atoms with E-state index in [0.29, 0.717) is 0 Å². The Labute approximate surface area is 155 Å². The number of allylic oxidation sites excluding steroid dienone is 1. The highest BCUT2D eigenvalue weighted by Crippen LogP contribution is 2.40. The number of esters is 1. The number of nitrogens with one attached hydrogen (secondary N) is 2.